The molecule has 40 heavy (non-hydrogen) atoms. The zero-order valence-corrected chi connectivity index (χ0v) is 21.9. The van der Waals surface area contributed by atoms with Crippen molar-refractivity contribution < 1.29 is 19.1 Å². The SMILES string of the molecule is COC(=O)c1ccccc1NC(=O)Nc1cccc(-n2c(=O)c(CCC(=O)N3CCCC3)nc3cccnc32)c1. The van der Waals surface area contributed by atoms with Crippen molar-refractivity contribution in [3.8, 4) is 5.69 Å². The molecule has 11 heteroatoms. The Morgan fingerprint density at radius 2 is 1.77 bits per heavy atom. The third kappa shape index (κ3) is 5.68. The topological polar surface area (TPSA) is 136 Å². The molecule has 2 N–H and O–H groups in total. The second-order valence-electron chi connectivity index (χ2n) is 9.30. The quantitative estimate of drug-likeness (QED) is 0.341. The van der Waals surface area contributed by atoms with E-state index in [0.29, 0.717) is 22.5 Å². The number of hydrogen-bond donors (Lipinski definition) is 2. The minimum atomic E-state index is -0.584. The first-order valence-corrected chi connectivity index (χ1v) is 12.9. The predicted octanol–water partition coefficient (Wildman–Crippen LogP) is 3.77. The number of fused-ring (bicyclic) bond motifs is 1. The first-order valence-electron chi connectivity index (χ1n) is 12.9. The fraction of sp³-hybridized carbons (Fsp3) is 0.241. The summed E-state index contributed by atoms with van der Waals surface area (Å²) in [5.74, 6) is -0.560. The highest BCUT2D eigenvalue weighted by molar-refractivity contribution is 6.05. The smallest absolute Gasteiger partial charge is 0.339 e. The Morgan fingerprint density at radius 1 is 0.975 bits per heavy atom. The maximum Gasteiger partial charge on any atom is 0.339 e. The van der Waals surface area contributed by atoms with Crippen LogP contribution in [0.1, 0.15) is 35.3 Å². The summed E-state index contributed by atoms with van der Waals surface area (Å²) >= 11 is 0. The molecule has 5 rings (SSSR count). The van der Waals surface area contributed by atoms with E-state index < -0.39 is 12.0 Å². The standard InChI is InChI=1S/C29H28N6O5/c1-40-28(38)21-10-2-3-11-22(21)33-29(39)31-19-8-6-9-20(18-19)35-26-23(12-7-15-30-26)32-24(27(35)37)13-14-25(36)34-16-4-5-17-34/h2-3,6-12,15,18H,4-5,13-14,16-17H2,1H3,(H2,31,33,39). The highest BCUT2D eigenvalue weighted by Crippen LogP contribution is 2.20. The normalized spacial score (nSPS) is 12.8. The summed E-state index contributed by atoms with van der Waals surface area (Å²) in [5.41, 5.74) is 2.14. The van der Waals surface area contributed by atoms with E-state index in [9.17, 15) is 19.2 Å². The van der Waals surface area contributed by atoms with Crippen LogP contribution in [0.25, 0.3) is 16.9 Å². The number of para-hydroxylation sites is 1. The molecular weight excluding hydrogens is 512 g/mol. The first-order chi connectivity index (χ1) is 19.4. The Balaban J connectivity index is 1.41. The number of urea groups is 1. The van der Waals surface area contributed by atoms with Crippen LogP contribution in [-0.2, 0) is 16.0 Å². The first kappa shape index (κ1) is 26.5. The Hall–Kier alpha value is -5.06. The summed E-state index contributed by atoms with van der Waals surface area (Å²) in [6.45, 7) is 1.50. The predicted molar refractivity (Wildman–Crippen MR) is 150 cm³/mol. The van der Waals surface area contributed by atoms with Gasteiger partial charge in [0, 0.05) is 37.8 Å². The molecular formula is C29H28N6O5. The van der Waals surface area contributed by atoms with Gasteiger partial charge in [-0.1, -0.05) is 18.2 Å². The van der Waals surface area contributed by atoms with Crippen molar-refractivity contribution in [1.82, 2.24) is 19.4 Å². The molecule has 0 atom stereocenters. The Morgan fingerprint density at radius 3 is 2.58 bits per heavy atom. The number of pyridine rings is 1. The van der Waals surface area contributed by atoms with Crippen molar-refractivity contribution >= 4 is 40.4 Å². The van der Waals surface area contributed by atoms with Crippen molar-refractivity contribution in [2.45, 2.75) is 25.7 Å². The maximum absolute atomic E-state index is 13.6. The number of amides is 3. The number of carbonyl (C=O) groups excluding carboxylic acids is 3. The Kier molecular flexibility index (Phi) is 7.81. The van der Waals surface area contributed by atoms with E-state index in [1.165, 1.54) is 11.7 Å². The van der Waals surface area contributed by atoms with Gasteiger partial charge in [-0.05, 0) is 55.3 Å². The number of anilines is 2. The molecule has 204 valence electrons. The van der Waals surface area contributed by atoms with Gasteiger partial charge in [0.25, 0.3) is 5.56 Å². The number of aryl methyl sites for hydroxylation is 1. The van der Waals surface area contributed by atoms with E-state index in [4.69, 9.17) is 4.74 Å². The summed E-state index contributed by atoms with van der Waals surface area (Å²) in [5, 5.41) is 5.39. The molecule has 1 saturated heterocycles. The molecule has 1 fully saturated rings. The largest absolute Gasteiger partial charge is 0.465 e. The summed E-state index contributed by atoms with van der Waals surface area (Å²) in [7, 11) is 1.27. The van der Waals surface area contributed by atoms with Gasteiger partial charge in [-0.25, -0.2) is 19.6 Å². The molecule has 0 radical (unpaired) electrons. The molecule has 3 amide bonds. The van der Waals surface area contributed by atoms with E-state index in [2.05, 4.69) is 20.6 Å². The molecule has 0 spiro atoms. The molecule has 11 nitrogen and oxygen atoms in total. The van der Waals surface area contributed by atoms with Crippen LogP contribution in [0.2, 0.25) is 0 Å². The number of benzene rings is 2. The van der Waals surface area contributed by atoms with Gasteiger partial charge in [0.2, 0.25) is 5.91 Å². The Bertz CT molecular complexity index is 1640. The van der Waals surface area contributed by atoms with Crippen molar-refractivity contribution in [3.05, 3.63) is 88.5 Å². The highest BCUT2D eigenvalue weighted by atomic mass is 16.5. The number of ether oxygens (including phenoxy) is 1. The second-order valence-corrected chi connectivity index (χ2v) is 9.30. The molecule has 2 aromatic heterocycles. The van der Waals surface area contributed by atoms with E-state index in [1.54, 1.807) is 66.9 Å². The van der Waals surface area contributed by atoms with Crippen LogP contribution in [0.4, 0.5) is 16.2 Å². The van der Waals surface area contributed by atoms with Crippen molar-refractivity contribution in [2.75, 3.05) is 30.8 Å². The number of likely N-dealkylation sites (tertiary alicyclic amines) is 1. The van der Waals surface area contributed by atoms with Gasteiger partial charge in [0.15, 0.2) is 5.65 Å². The fourth-order valence-corrected chi connectivity index (χ4v) is 4.71. The summed E-state index contributed by atoms with van der Waals surface area (Å²) in [6.07, 6.45) is 3.98. The molecule has 1 aliphatic rings. The molecule has 1 aliphatic heterocycles. The lowest BCUT2D eigenvalue weighted by atomic mass is 10.2. The zero-order valence-electron chi connectivity index (χ0n) is 21.9. The summed E-state index contributed by atoms with van der Waals surface area (Å²) < 4.78 is 6.22. The van der Waals surface area contributed by atoms with Crippen LogP contribution in [-0.4, -0.2) is 57.5 Å². The molecule has 0 bridgehead atoms. The monoisotopic (exact) mass is 540 g/mol. The van der Waals surface area contributed by atoms with E-state index in [-0.39, 0.29) is 41.3 Å². The number of hydrogen-bond acceptors (Lipinski definition) is 7. The van der Waals surface area contributed by atoms with Gasteiger partial charge in [0.1, 0.15) is 11.2 Å². The third-order valence-corrected chi connectivity index (χ3v) is 6.66. The van der Waals surface area contributed by atoms with Crippen molar-refractivity contribution in [1.29, 1.82) is 0 Å². The Labute approximate surface area is 229 Å². The van der Waals surface area contributed by atoms with Crippen LogP contribution in [0.3, 0.4) is 0 Å². The van der Waals surface area contributed by atoms with Crippen LogP contribution >= 0.6 is 0 Å². The number of rotatable bonds is 7. The fourth-order valence-electron chi connectivity index (χ4n) is 4.71. The third-order valence-electron chi connectivity index (χ3n) is 6.66. The molecule has 2 aromatic carbocycles. The van der Waals surface area contributed by atoms with Crippen LogP contribution < -0.4 is 16.2 Å². The van der Waals surface area contributed by atoms with E-state index in [0.717, 1.165) is 25.9 Å². The van der Waals surface area contributed by atoms with E-state index >= 15 is 0 Å². The summed E-state index contributed by atoms with van der Waals surface area (Å²) in [4.78, 5) is 61.8. The van der Waals surface area contributed by atoms with Gasteiger partial charge >= 0.3 is 12.0 Å². The lowest BCUT2D eigenvalue weighted by molar-refractivity contribution is -0.130. The van der Waals surface area contributed by atoms with Crippen molar-refractivity contribution in [2.24, 2.45) is 0 Å². The van der Waals surface area contributed by atoms with Crippen molar-refractivity contribution in [3.63, 3.8) is 0 Å². The number of methoxy groups -OCH3 is 1. The van der Waals surface area contributed by atoms with Gasteiger partial charge in [-0.3, -0.25) is 14.2 Å². The average molecular weight is 541 g/mol. The van der Waals surface area contributed by atoms with Gasteiger partial charge < -0.3 is 20.3 Å². The molecule has 4 aromatic rings. The highest BCUT2D eigenvalue weighted by Gasteiger charge is 2.20. The van der Waals surface area contributed by atoms with Crippen LogP contribution in [0, 0.1) is 0 Å². The van der Waals surface area contributed by atoms with E-state index in [1.807, 2.05) is 4.90 Å². The second kappa shape index (κ2) is 11.8. The minimum absolute atomic E-state index is 0.0162. The number of esters is 1. The van der Waals surface area contributed by atoms with Crippen LogP contribution in [0.15, 0.2) is 71.7 Å². The summed E-state index contributed by atoms with van der Waals surface area (Å²) in [6, 6.07) is 16.1. The maximum atomic E-state index is 13.6. The van der Waals surface area contributed by atoms with Gasteiger partial charge in [0.05, 0.1) is 24.0 Å². The molecule has 3 heterocycles. The number of nitrogens with zero attached hydrogens (tertiary/aromatic N) is 4. The minimum Gasteiger partial charge on any atom is -0.465 e. The van der Waals surface area contributed by atoms with Gasteiger partial charge in [-0.15, -0.1) is 0 Å². The number of nitrogens with one attached hydrogen (secondary N) is 2. The lowest BCUT2D eigenvalue weighted by Gasteiger charge is -2.16. The molecule has 0 unspecified atom stereocenters. The molecule has 0 aliphatic carbocycles. The lowest BCUT2D eigenvalue weighted by Crippen LogP contribution is -2.30. The van der Waals surface area contributed by atoms with Crippen LogP contribution in [0.5, 0.6) is 0 Å². The molecule has 0 saturated carbocycles. The van der Waals surface area contributed by atoms with Gasteiger partial charge in [-0.2, -0.15) is 0 Å². The number of aromatic nitrogens is 3. The number of carbonyl (C=O) groups is 3. The zero-order chi connectivity index (χ0) is 28.1. The average Bonchev–Trinajstić information content (AvgIpc) is 3.51.